The quantitative estimate of drug-likeness (QED) is 0.646. The molecule has 1 atom stereocenters. The van der Waals surface area contributed by atoms with Crippen LogP contribution in [0.3, 0.4) is 0 Å². The predicted octanol–water partition coefficient (Wildman–Crippen LogP) is 5.66. The Labute approximate surface area is 138 Å². The Balaban J connectivity index is 1.87. The summed E-state index contributed by atoms with van der Waals surface area (Å²) in [4.78, 5) is 7.55. The Morgan fingerprint density at radius 1 is 1.00 bits per heavy atom. The van der Waals surface area contributed by atoms with Gasteiger partial charge in [-0.25, -0.2) is 4.99 Å². The lowest BCUT2D eigenvalue weighted by Gasteiger charge is -2.30. The summed E-state index contributed by atoms with van der Waals surface area (Å²) in [6.07, 6.45) is 0.878. The van der Waals surface area contributed by atoms with E-state index in [0.29, 0.717) is 0 Å². The zero-order valence-corrected chi connectivity index (χ0v) is 13.9. The summed E-state index contributed by atoms with van der Waals surface area (Å²) >= 11 is 3.55. The maximum atomic E-state index is 4.96. The molecule has 0 saturated carbocycles. The van der Waals surface area contributed by atoms with Crippen molar-refractivity contribution < 1.29 is 0 Å². The van der Waals surface area contributed by atoms with E-state index in [1.54, 1.807) is 22.7 Å². The van der Waals surface area contributed by atoms with Crippen LogP contribution in [-0.4, -0.2) is 5.71 Å². The number of nitrogens with one attached hydrogen (secondary N) is 1. The molecule has 2 aromatic heterocycles. The highest BCUT2D eigenvalue weighted by Crippen LogP contribution is 2.40. The molecule has 3 heterocycles. The van der Waals surface area contributed by atoms with Crippen molar-refractivity contribution in [3.8, 4) is 0 Å². The fourth-order valence-corrected chi connectivity index (χ4v) is 4.42. The van der Waals surface area contributed by atoms with Gasteiger partial charge in [-0.2, -0.15) is 0 Å². The molecule has 0 saturated heterocycles. The molecule has 4 heteroatoms. The van der Waals surface area contributed by atoms with Crippen molar-refractivity contribution in [2.45, 2.75) is 18.9 Å². The number of anilines is 1. The smallest absolute Gasteiger partial charge is 0.0865 e. The van der Waals surface area contributed by atoms with Gasteiger partial charge in [0.2, 0.25) is 0 Å². The highest BCUT2D eigenvalue weighted by Gasteiger charge is 2.33. The van der Waals surface area contributed by atoms with Crippen LogP contribution in [-0.2, 0) is 5.54 Å². The van der Waals surface area contributed by atoms with E-state index in [4.69, 9.17) is 4.99 Å². The molecule has 0 amide bonds. The van der Waals surface area contributed by atoms with Crippen molar-refractivity contribution in [2.24, 2.45) is 4.99 Å². The number of hydrogen-bond acceptors (Lipinski definition) is 4. The van der Waals surface area contributed by atoms with Gasteiger partial charge in [0.05, 0.1) is 22.6 Å². The minimum Gasteiger partial charge on any atom is -0.373 e. The molecule has 1 N–H and O–H groups in total. The average molecular weight is 324 g/mol. The van der Waals surface area contributed by atoms with Crippen LogP contribution in [0.5, 0.6) is 0 Å². The predicted molar refractivity (Wildman–Crippen MR) is 96.9 cm³/mol. The third kappa shape index (κ3) is 2.38. The lowest BCUT2D eigenvalue weighted by molar-refractivity contribution is 0.584. The molecule has 0 fully saturated rings. The molecule has 22 heavy (non-hydrogen) atoms. The van der Waals surface area contributed by atoms with Crippen molar-refractivity contribution in [1.29, 1.82) is 0 Å². The summed E-state index contributed by atoms with van der Waals surface area (Å²) in [5, 5.41) is 7.99. The monoisotopic (exact) mass is 324 g/mol. The van der Waals surface area contributed by atoms with E-state index >= 15 is 0 Å². The molecule has 3 aromatic rings. The van der Waals surface area contributed by atoms with Crippen molar-refractivity contribution in [3.05, 3.63) is 69.0 Å². The van der Waals surface area contributed by atoms with Crippen molar-refractivity contribution in [2.75, 3.05) is 5.32 Å². The first kappa shape index (κ1) is 13.7. The van der Waals surface area contributed by atoms with E-state index in [-0.39, 0.29) is 5.54 Å². The molecule has 0 aliphatic carbocycles. The van der Waals surface area contributed by atoms with Crippen LogP contribution < -0.4 is 5.32 Å². The standard InChI is InChI=1S/C18H16N2S2/c1-18(17-9-5-11-22-17)12-15(16-8-4-10-21-16)19-13-6-2-3-7-14(13)20-18/h2-11,20H,12H2,1H3. The van der Waals surface area contributed by atoms with Gasteiger partial charge in [0, 0.05) is 16.2 Å². The van der Waals surface area contributed by atoms with E-state index in [2.05, 4.69) is 65.5 Å². The Morgan fingerprint density at radius 3 is 2.59 bits per heavy atom. The number of thiophene rings is 2. The minimum absolute atomic E-state index is 0.135. The third-order valence-electron chi connectivity index (χ3n) is 3.96. The fourth-order valence-electron chi connectivity index (χ4n) is 2.86. The molecule has 0 spiro atoms. The summed E-state index contributed by atoms with van der Waals surface area (Å²) in [7, 11) is 0. The van der Waals surface area contributed by atoms with Gasteiger partial charge < -0.3 is 5.32 Å². The highest BCUT2D eigenvalue weighted by atomic mass is 32.1. The number of rotatable bonds is 2. The van der Waals surface area contributed by atoms with Crippen LogP contribution in [0.25, 0.3) is 0 Å². The van der Waals surface area contributed by atoms with E-state index in [1.807, 2.05) is 6.07 Å². The van der Waals surface area contributed by atoms with Gasteiger partial charge in [0.25, 0.3) is 0 Å². The summed E-state index contributed by atoms with van der Waals surface area (Å²) < 4.78 is 0. The molecule has 0 radical (unpaired) electrons. The zero-order valence-electron chi connectivity index (χ0n) is 12.2. The maximum absolute atomic E-state index is 4.96. The topological polar surface area (TPSA) is 24.4 Å². The number of hydrogen-bond donors (Lipinski definition) is 1. The molecule has 4 rings (SSSR count). The van der Waals surface area contributed by atoms with Gasteiger partial charge in [0.1, 0.15) is 0 Å². The summed E-state index contributed by atoms with van der Waals surface area (Å²) in [5.41, 5.74) is 3.14. The lowest BCUT2D eigenvalue weighted by atomic mass is 9.92. The minimum atomic E-state index is -0.135. The van der Waals surface area contributed by atoms with Gasteiger partial charge >= 0.3 is 0 Å². The second-order valence-corrected chi connectivity index (χ2v) is 7.56. The molecule has 110 valence electrons. The first-order chi connectivity index (χ1) is 10.7. The first-order valence-electron chi connectivity index (χ1n) is 7.27. The number of para-hydroxylation sites is 2. The second-order valence-electron chi connectivity index (χ2n) is 5.66. The second kappa shape index (κ2) is 5.38. The van der Waals surface area contributed by atoms with Crippen LogP contribution in [0.1, 0.15) is 23.1 Å². The van der Waals surface area contributed by atoms with Gasteiger partial charge in [0.15, 0.2) is 0 Å². The Morgan fingerprint density at radius 2 is 1.82 bits per heavy atom. The van der Waals surface area contributed by atoms with Crippen LogP contribution in [0.2, 0.25) is 0 Å². The van der Waals surface area contributed by atoms with E-state index in [9.17, 15) is 0 Å². The number of fused-ring (bicyclic) bond motifs is 1. The number of benzene rings is 1. The SMILES string of the molecule is CC1(c2cccs2)CC(c2cccs2)=Nc2ccccc2N1. The van der Waals surface area contributed by atoms with Crippen LogP contribution in [0.4, 0.5) is 11.4 Å². The first-order valence-corrected chi connectivity index (χ1v) is 9.03. The van der Waals surface area contributed by atoms with Crippen molar-refractivity contribution in [1.82, 2.24) is 0 Å². The maximum Gasteiger partial charge on any atom is 0.0865 e. The normalized spacial score (nSPS) is 20.7. The van der Waals surface area contributed by atoms with Gasteiger partial charge in [-0.3, -0.25) is 0 Å². The van der Waals surface area contributed by atoms with E-state index in [1.165, 1.54) is 9.75 Å². The molecule has 1 aromatic carbocycles. The number of aliphatic imine (C=N–C) groups is 1. The van der Waals surface area contributed by atoms with Crippen molar-refractivity contribution in [3.63, 3.8) is 0 Å². The van der Waals surface area contributed by atoms with E-state index in [0.717, 1.165) is 23.5 Å². The molecular formula is C18H16N2S2. The molecule has 0 bridgehead atoms. The molecular weight excluding hydrogens is 308 g/mol. The van der Waals surface area contributed by atoms with Crippen LogP contribution in [0.15, 0.2) is 64.3 Å². The summed E-state index contributed by atoms with van der Waals surface area (Å²) in [6, 6.07) is 16.9. The van der Waals surface area contributed by atoms with Crippen molar-refractivity contribution >= 4 is 39.8 Å². The van der Waals surface area contributed by atoms with Crippen LogP contribution >= 0.6 is 22.7 Å². The molecule has 1 aliphatic heterocycles. The fraction of sp³-hybridized carbons (Fsp3) is 0.167. The Hall–Kier alpha value is -1.91. The Kier molecular flexibility index (Phi) is 3.36. The summed E-state index contributed by atoms with van der Waals surface area (Å²) in [5.74, 6) is 0. The van der Waals surface area contributed by atoms with E-state index < -0.39 is 0 Å². The summed E-state index contributed by atoms with van der Waals surface area (Å²) in [6.45, 7) is 2.27. The number of nitrogens with zero attached hydrogens (tertiary/aromatic N) is 1. The van der Waals surface area contributed by atoms with Gasteiger partial charge in [-0.1, -0.05) is 24.3 Å². The lowest BCUT2D eigenvalue weighted by Crippen LogP contribution is -2.32. The molecule has 1 aliphatic rings. The Bertz CT molecular complexity index is 804. The highest BCUT2D eigenvalue weighted by molar-refractivity contribution is 7.12. The van der Waals surface area contributed by atoms with Crippen LogP contribution in [0, 0.1) is 0 Å². The zero-order chi connectivity index (χ0) is 15.0. The third-order valence-corrected chi connectivity index (χ3v) is 6.01. The molecule has 2 nitrogen and oxygen atoms in total. The largest absolute Gasteiger partial charge is 0.373 e. The molecule has 1 unspecified atom stereocenters. The van der Waals surface area contributed by atoms with Gasteiger partial charge in [-0.15, -0.1) is 22.7 Å². The van der Waals surface area contributed by atoms with Gasteiger partial charge in [-0.05, 0) is 41.9 Å². The average Bonchev–Trinajstić information content (AvgIpc) is 3.20.